The third kappa shape index (κ3) is 6.35. The normalized spacial score (nSPS) is 14.5. The van der Waals surface area contributed by atoms with Gasteiger partial charge in [-0.05, 0) is 12.8 Å². The van der Waals surface area contributed by atoms with E-state index in [1.165, 1.54) is 0 Å². The second-order valence-electron chi connectivity index (χ2n) is 2.74. The van der Waals surface area contributed by atoms with Crippen LogP contribution in [0.15, 0.2) is 0 Å². The van der Waals surface area contributed by atoms with Gasteiger partial charge in [0, 0.05) is 12.3 Å². The van der Waals surface area contributed by atoms with Gasteiger partial charge in [-0.1, -0.05) is 12.8 Å². The lowest BCUT2D eigenvalue weighted by molar-refractivity contribution is 0.0771. The van der Waals surface area contributed by atoms with Gasteiger partial charge in [-0.25, -0.2) is 4.21 Å². The molecule has 0 rings (SSSR count). The smallest absolute Gasteiger partial charge is 0.301 e. The van der Waals surface area contributed by atoms with Crippen LogP contribution in [-0.2, 0) is 11.1 Å². The summed E-state index contributed by atoms with van der Waals surface area (Å²) in [6.07, 6.45) is 1.95. The van der Waals surface area contributed by atoms with Crippen molar-refractivity contribution in [3.8, 4) is 0 Å². The average Bonchev–Trinajstić information content (AvgIpc) is 2.03. The summed E-state index contributed by atoms with van der Waals surface area (Å²) in [7, 11) is 0. The SMILES string of the molecule is O=S(O)C(F)(F)CCCCCCCl. The third-order valence-corrected chi connectivity index (χ3v) is 2.59. The van der Waals surface area contributed by atoms with Crippen LogP contribution >= 0.6 is 11.6 Å². The zero-order valence-corrected chi connectivity index (χ0v) is 8.71. The predicted octanol–water partition coefficient (Wildman–Crippen LogP) is 2.99. The molecule has 0 aliphatic rings. The van der Waals surface area contributed by atoms with Crippen molar-refractivity contribution in [1.82, 2.24) is 0 Å². The highest BCUT2D eigenvalue weighted by Crippen LogP contribution is 2.24. The van der Waals surface area contributed by atoms with Gasteiger partial charge < -0.3 is 4.55 Å². The molecule has 6 heteroatoms. The van der Waals surface area contributed by atoms with E-state index in [1.807, 2.05) is 0 Å². The van der Waals surface area contributed by atoms with Crippen molar-refractivity contribution in [2.45, 2.75) is 37.4 Å². The molecule has 0 aromatic carbocycles. The lowest BCUT2D eigenvalue weighted by Gasteiger charge is -2.10. The molecule has 1 N–H and O–H groups in total. The summed E-state index contributed by atoms with van der Waals surface area (Å²) in [5.41, 5.74) is 0. The van der Waals surface area contributed by atoms with Gasteiger partial charge in [0.05, 0.1) is 0 Å². The first-order valence-electron chi connectivity index (χ1n) is 4.05. The van der Waals surface area contributed by atoms with E-state index in [4.69, 9.17) is 16.2 Å². The molecule has 0 fully saturated rings. The number of unbranched alkanes of at least 4 members (excludes halogenated alkanes) is 3. The van der Waals surface area contributed by atoms with E-state index in [0.29, 0.717) is 12.3 Å². The Bertz CT molecular complexity index is 167. The summed E-state index contributed by atoms with van der Waals surface area (Å²) in [4.78, 5) is 0. The summed E-state index contributed by atoms with van der Waals surface area (Å²) >= 11 is 2.34. The molecule has 1 atom stereocenters. The largest absolute Gasteiger partial charge is 0.345 e. The molecule has 0 amide bonds. The second-order valence-corrected chi connectivity index (χ2v) is 4.21. The summed E-state index contributed by atoms with van der Waals surface area (Å²) in [5, 5.41) is -3.46. The molecular formula is C7H13ClF2O2S. The molecule has 2 nitrogen and oxygen atoms in total. The molecule has 0 aliphatic carbocycles. The van der Waals surface area contributed by atoms with E-state index in [1.54, 1.807) is 0 Å². The summed E-state index contributed by atoms with van der Waals surface area (Å²) < 4.78 is 43.2. The molecule has 0 saturated carbocycles. The number of hydrogen-bond acceptors (Lipinski definition) is 1. The Morgan fingerprint density at radius 2 is 1.77 bits per heavy atom. The molecule has 0 heterocycles. The van der Waals surface area contributed by atoms with Gasteiger partial charge in [-0.2, -0.15) is 8.78 Å². The minimum Gasteiger partial charge on any atom is -0.301 e. The van der Waals surface area contributed by atoms with Gasteiger partial charge >= 0.3 is 5.25 Å². The van der Waals surface area contributed by atoms with Crippen LogP contribution in [0.3, 0.4) is 0 Å². The van der Waals surface area contributed by atoms with E-state index in [9.17, 15) is 13.0 Å². The second kappa shape index (κ2) is 6.68. The van der Waals surface area contributed by atoms with Crippen molar-refractivity contribution in [2.24, 2.45) is 0 Å². The van der Waals surface area contributed by atoms with Crippen LogP contribution in [0.1, 0.15) is 32.1 Å². The van der Waals surface area contributed by atoms with Gasteiger partial charge in [0.1, 0.15) is 0 Å². The number of halogens is 3. The van der Waals surface area contributed by atoms with Crippen LogP contribution in [0.2, 0.25) is 0 Å². The lowest BCUT2D eigenvalue weighted by Crippen LogP contribution is -2.22. The fourth-order valence-corrected chi connectivity index (χ4v) is 1.37. The molecule has 13 heavy (non-hydrogen) atoms. The van der Waals surface area contributed by atoms with Crippen LogP contribution < -0.4 is 0 Å². The van der Waals surface area contributed by atoms with Crippen molar-refractivity contribution in [2.75, 3.05) is 5.88 Å². The van der Waals surface area contributed by atoms with Crippen molar-refractivity contribution in [1.29, 1.82) is 0 Å². The molecule has 0 bridgehead atoms. The van der Waals surface area contributed by atoms with Gasteiger partial charge in [0.15, 0.2) is 0 Å². The number of alkyl halides is 3. The van der Waals surface area contributed by atoms with Crippen molar-refractivity contribution in [3.63, 3.8) is 0 Å². The Kier molecular flexibility index (Phi) is 6.81. The maximum atomic E-state index is 12.5. The van der Waals surface area contributed by atoms with Gasteiger partial charge in [-0.3, -0.25) is 0 Å². The molecule has 1 unspecified atom stereocenters. The van der Waals surface area contributed by atoms with E-state index in [2.05, 4.69) is 0 Å². The highest BCUT2D eigenvalue weighted by molar-refractivity contribution is 7.80. The maximum absolute atomic E-state index is 12.5. The lowest BCUT2D eigenvalue weighted by atomic mass is 10.2. The van der Waals surface area contributed by atoms with Crippen molar-refractivity contribution < 1.29 is 17.5 Å². The monoisotopic (exact) mass is 234 g/mol. The number of hydrogen-bond donors (Lipinski definition) is 1. The Morgan fingerprint density at radius 3 is 2.23 bits per heavy atom. The summed E-state index contributed by atoms with van der Waals surface area (Å²) in [6, 6.07) is 0. The van der Waals surface area contributed by atoms with Crippen LogP contribution in [-0.4, -0.2) is 19.9 Å². The Balaban J connectivity index is 3.46. The van der Waals surface area contributed by atoms with Gasteiger partial charge in [0.25, 0.3) is 0 Å². The first-order chi connectivity index (χ1) is 6.00. The minimum absolute atomic E-state index is 0.260. The first-order valence-corrected chi connectivity index (χ1v) is 5.69. The van der Waals surface area contributed by atoms with Crippen LogP contribution in [0.5, 0.6) is 0 Å². The highest BCUT2D eigenvalue weighted by Gasteiger charge is 2.35. The van der Waals surface area contributed by atoms with Crippen LogP contribution in [0.4, 0.5) is 8.78 Å². The van der Waals surface area contributed by atoms with E-state index in [-0.39, 0.29) is 6.42 Å². The molecule has 0 saturated heterocycles. The summed E-state index contributed by atoms with van der Waals surface area (Å²) in [5.74, 6) is 0.530. The quantitative estimate of drug-likeness (QED) is 0.418. The molecule has 0 aromatic heterocycles. The molecule has 0 aromatic rings. The van der Waals surface area contributed by atoms with E-state index < -0.39 is 22.8 Å². The predicted molar refractivity (Wildman–Crippen MR) is 49.5 cm³/mol. The van der Waals surface area contributed by atoms with Crippen LogP contribution in [0, 0.1) is 0 Å². The van der Waals surface area contributed by atoms with Crippen LogP contribution in [0.25, 0.3) is 0 Å². The highest BCUT2D eigenvalue weighted by atomic mass is 35.5. The number of rotatable bonds is 7. The van der Waals surface area contributed by atoms with Crippen molar-refractivity contribution >= 4 is 22.7 Å². The molecular weight excluding hydrogens is 222 g/mol. The van der Waals surface area contributed by atoms with Crippen molar-refractivity contribution in [3.05, 3.63) is 0 Å². The first kappa shape index (κ1) is 13.3. The zero-order chi connectivity index (χ0) is 10.3. The van der Waals surface area contributed by atoms with E-state index in [0.717, 1.165) is 12.8 Å². The Labute approximate surface area is 83.9 Å². The molecule has 0 radical (unpaired) electrons. The van der Waals surface area contributed by atoms with Gasteiger partial charge in [-0.15, -0.1) is 11.6 Å². The van der Waals surface area contributed by atoms with E-state index >= 15 is 0 Å². The van der Waals surface area contributed by atoms with Gasteiger partial charge in [0.2, 0.25) is 11.1 Å². The molecule has 0 aliphatic heterocycles. The topological polar surface area (TPSA) is 37.3 Å². The maximum Gasteiger partial charge on any atom is 0.345 e. The molecule has 0 spiro atoms. The summed E-state index contributed by atoms with van der Waals surface area (Å²) in [6.45, 7) is 0. The standard InChI is InChI=1S/C7H13ClF2O2S/c8-6-4-2-1-3-5-7(9,10)13(11)12/h1-6H2,(H,11,12). The fourth-order valence-electron chi connectivity index (χ4n) is 0.866. The fraction of sp³-hybridized carbons (Fsp3) is 1.00. The average molecular weight is 235 g/mol. The third-order valence-electron chi connectivity index (χ3n) is 1.61. The molecule has 80 valence electrons. The minimum atomic E-state index is -3.46. The zero-order valence-electron chi connectivity index (χ0n) is 7.14. The Morgan fingerprint density at radius 1 is 1.23 bits per heavy atom. The Hall–Kier alpha value is 0.260.